The van der Waals surface area contributed by atoms with Crippen LogP contribution in [0.2, 0.25) is 0 Å². The number of hydrogen-bond acceptors (Lipinski definition) is 7. The second kappa shape index (κ2) is 11.0. The molecule has 0 aliphatic carbocycles. The number of hydrogen-bond donors (Lipinski definition) is 1. The molecule has 1 aromatic carbocycles. The van der Waals surface area contributed by atoms with Crippen LogP contribution < -0.4 is 5.32 Å². The van der Waals surface area contributed by atoms with Crippen LogP contribution in [0.25, 0.3) is 16.9 Å². The number of nitrogens with zero attached hydrogens (tertiary/aromatic N) is 4. The number of nitrogens with one attached hydrogen (secondary N) is 1. The number of aromatic nitrogens is 3. The monoisotopic (exact) mass is 545 g/mol. The van der Waals surface area contributed by atoms with Crippen molar-refractivity contribution < 1.29 is 19.1 Å². The van der Waals surface area contributed by atoms with Gasteiger partial charge < -0.3 is 15.0 Å². The van der Waals surface area contributed by atoms with E-state index in [9.17, 15) is 14.4 Å². The van der Waals surface area contributed by atoms with E-state index in [1.54, 1.807) is 27.9 Å². The van der Waals surface area contributed by atoms with Gasteiger partial charge in [-0.1, -0.05) is 18.2 Å². The Balaban J connectivity index is 1.23. The van der Waals surface area contributed by atoms with Crippen molar-refractivity contribution in [2.75, 3.05) is 18.4 Å². The van der Waals surface area contributed by atoms with Gasteiger partial charge in [0, 0.05) is 37.0 Å². The minimum Gasteiger partial charge on any atom is -0.444 e. The Hall–Kier alpha value is -4.05. The summed E-state index contributed by atoms with van der Waals surface area (Å²) in [4.78, 5) is 44.8. The maximum Gasteiger partial charge on any atom is 0.410 e. The van der Waals surface area contributed by atoms with Crippen LogP contribution >= 0.6 is 11.3 Å². The van der Waals surface area contributed by atoms with Gasteiger partial charge in [0.1, 0.15) is 5.60 Å². The number of likely N-dealkylation sites (tertiary alicyclic amines) is 1. The summed E-state index contributed by atoms with van der Waals surface area (Å²) in [5.41, 5.74) is 2.68. The highest BCUT2D eigenvalue weighted by molar-refractivity contribution is 7.12. The standard InChI is InChI=1S/C29H31N5O4S/c1-29(2,3)38-28(37)33-13-10-19(11-14-33)16-25(35)32-21-7-4-6-20(17-21)23-9-12-30-27-22(18-31-34(23)27)26(36)24-8-5-15-39-24/h4-9,12,15,17-19H,10-11,13-14,16H2,1-3H3,(H,32,35). The van der Waals surface area contributed by atoms with E-state index in [1.807, 2.05) is 62.5 Å². The summed E-state index contributed by atoms with van der Waals surface area (Å²) in [6.07, 6.45) is 4.81. The van der Waals surface area contributed by atoms with Crippen molar-refractivity contribution in [3.05, 3.63) is 70.7 Å². The third-order valence-electron chi connectivity index (χ3n) is 6.57. The molecule has 10 heteroatoms. The molecule has 0 atom stereocenters. The lowest BCUT2D eigenvalue weighted by Gasteiger charge is -2.33. The average molecular weight is 546 g/mol. The first-order valence-corrected chi connectivity index (χ1v) is 13.8. The Morgan fingerprint density at radius 1 is 1.10 bits per heavy atom. The lowest BCUT2D eigenvalue weighted by Crippen LogP contribution is -2.42. The first-order valence-electron chi connectivity index (χ1n) is 13.0. The lowest BCUT2D eigenvalue weighted by molar-refractivity contribution is -0.117. The molecule has 5 rings (SSSR count). The van der Waals surface area contributed by atoms with Gasteiger partial charge in [0.2, 0.25) is 11.7 Å². The number of rotatable bonds is 6. The van der Waals surface area contributed by atoms with Crippen LogP contribution in [0, 0.1) is 5.92 Å². The Bertz CT molecular complexity index is 1500. The van der Waals surface area contributed by atoms with Crippen LogP contribution in [-0.4, -0.2) is 56.0 Å². The SMILES string of the molecule is CC(C)(C)OC(=O)N1CCC(CC(=O)Nc2cccc(-c3ccnc4c(C(=O)c5cccs5)cnn34)c2)CC1. The topological polar surface area (TPSA) is 106 Å². The predicted molar refractivity (Wildman–Crippen MR) is 150 cm³/mol. The fraction of sp³-hybridized carbons (Fsp3) is 0.345. The van der Waals surface area contributed by atoms with Crippen LogP contribution in [0.5, 0.6) is 0 Å². The third-order valence-corrected chi connectivity index (χ3v) is 7.44. The average Bonchev–Trinajstić information content (AvgIpc) is 3.58. The second-order valence-corrected chi connectivity index (χ2v) is 11.6. The van der Waals surface area contributed by atoms with Gasteiger partial charge >= 0.3 is 6.09 Å². The molecule has 202 valence electrons. The molecular weight excluding hydrogens is 514 g/mol. The van der Waals surface area contributed by atoms with Crippen LogP contribution in [0.4, 0.5) is 10.5 Å². The largest absolute Gasteiger partial charge is 0.444 e. The number of amides is 2. The molecule has 1 N–H and O–H groups in total. The number of carbonyl (C=O) groups excluding carboxylic acids is 3. The molecule has 4 aromatic rings. The molecule has 0 spiro atoms. The molecule has 0 radical (unpaired) electrons. The van der Waals surface area contributed by atoms with Crippen molar-refractivity contribution in [3.63, 3.8) is 0 Å². The summed E-state index contributed by atoms with van der Waals surface area (Å²) >= 11 is 1.38. The normalized spacial score (nSPS) is 14.4. The zero-order valence-corrected chi connectivity index (χ0v) is 23.0. The number of piperidine rings is 1. The highest BCUT2D eigenvalue weighted by Gasteiger charge is 2.28. The van der Waals surface area contributed by atoms with Crippen LogP contribution in [0.1, 0.15) is 55.3 Å². The number of carbonyl (C=O) groups is 3. The maximum absolute atomic E-state index is 12.9. The van der Waals surface area contributed by atoms with E-state index in [-0.39, 0.29) is 23.7 Å². The number of thiophene rings is 1. The first-order chi connectivity index (χ1) is 18.7. The molecule has 1 aliphatic rings. The van der Waals surface area contributed by atoms with Crippen molar-refractivity contribution >= 4 is 40.5 Å². The van der Waals surface area contributed by atoms with E-state index in [2.05, 4.69) is 15.4 Å². The number of benzene rings is 1. The van der Waals surface area contributed by atoms with E-state index in [4.69, 9.17) is 4.74 Å². The zero-order chi connectivity index (χ0) is 27.6. The number of ether oxygens (including phenoxy) is 1. The lowest BCUT2D eigenvalue weighted by atomic mass is 9.93. The molecule has 39 heavy (non-hydrogen) atoms. The fourth-order valence-corrected chi connectivity index (χ4v) is 5.37. The highest BCUT2D eigenvalue weighted by Crippen LogP contribution is 2.27. The Labute approximate surface area is 230 Å². The quantitative estimate of drug-likeness (QED) is 0.313. The molecule has 1 fully saturated rings. The summed E-state index contributed by atoms with van der Waals surface area (Å²) in [5.74, 6) is 0.0309. The van der Waals surface area contributed by atoms with Crippen molar-refractivity contribution in [3.8, 4) is 11.3 Å². The summed E-state index contributed by atoms with van der Waals surface area (Å²) in [6.45, 7) is 6.73. The highest BCUT2D eigenvalue weighted by atomic mass is 32.1. The van der Waals surface area contributed by atoms with Crippen molar-refractivity contribution in [2.24, 2.45) is 5.92 Å². The Morgan fingerprint density at radius 3 is 2.62 bits per heavy atom. The van der Waals surface area contributed by atoms with Crippen molar-refractivity contribution in [1.82, 2.24) is 19.5 Å². The molecule has 0 saturated carbocycles. The van der Waals surface area contributed by atoms with Crippen LogP contribution in [0.15, 0.2) is 60.2 Å². The zero-order valence-electron chi connectivity index (χ0n) is 22.2. The number of fused-ring (bicyclic) bond motifs is 1. The molecule has 9 nitrogen and oxygen atoms in total. The van der Waals surface area contributed by atoms with E-state index >= 15 is 0 Å². The third kappa shape index (κ3) is 6.17. The minimum absolute atomic E-state index is 0.0642. The molecule has 3 aromatic heterocycles. The Kier molecular flexibility index (Phi) is 7.47. The van der Waals surface area contributed by atoms with Gasteiger partial charge in [-0.3, -0.25) is 9.59 Å². The van der Waals surface area contributed by atoms with E-state index in [0.717, 1.165) is 24.1 Å². The van der Waals surface area contributed by atoms with E-state index in [1.165, 1.54) is 11.3 Å². The fourth-order valence-electron chi connectivity index (χ4n) is 4.69. The van der Waals surface area contributed by atoms with Gasteiger partial charge in [-0.25, -0.2) is 14.3 Å². The summed E-state index contributed by atoms with van der Waals surface area (Å²) in [6, 6.07) is 13.0. The molecule has 0 bridgehead atoms. The van der Waals surface area contributed by atoms with Crippen LogP contribution in [0.3, 0.4) is 0 Å². The molecule has 1 saturated heterocycles. The number of ketones is 1. The maximum atomic E-state index is 12.9. The second-order valence-electron chi connectivity index (χ2n) is 10.7. The smallest absolute Gasteiger partial charge is 0.410 e. The van der Waals surface area contributed by atoms with Gasteiger partial charge in [0.15, 0.2) is 5.65 Å². The molecule has 0 unspecified atom stereocenters. The molecule has 4 heterocycles. The van der Waals surface area contributed by atoms with Gasteiger partial charge in [-0.15, -0.1) is 11.3 Å². The van der Waals surface area contributed by atoms with E-state index < -0.39 is 5.60 Å². The van der Waals surface area contributed by atoms with Crippen molar-refractivity contribution in [2.45, 2.75) is 45.6 Å². The Morgan fingerprint density at radius 2 is 1.90 bits per heavy atom. The predicted octanol–water partition coefficient (Wildman–Crippen LogP) is 5.66. The summed E-state index contributed by atoms with van der Waals surface area (Å²) < 4.78 is 7.11. The van der Waals surface area contributed by atoms with Gasteiger partial charge in [-0.2, -0.15) is 5.10 Å². The first kappa shape index (κ1) is 26.6. The number of anilines is 1. The van der Waals surface area contributed by atoms with E-state index in [0.29, 0.717) is 41.3 Å². The van der Waals surface area contributed by atoms with Gasteiger partial charge in [-0.05, 0) is 69.2 Å². The molecular formula is C29H31N5O4S. The summed E-state index contributed by atoms with van der Waals surface area (Å²) in [5, 5.41) is 9.32. The van der Waals surface area contributed by atoms with Gasteiger partial charge in [0.25, 0.3) is 0 Å². The summed E-state index contributed by atoms with van der Waals surface area (Å²) in [7, 11) is 0. The molecule has 1 aliphatic heterocycles. The van der Waals surface area contributed by atoms with Crippen LogP contribution in [-0.2, 0) is 9.53 Å². The minimum atomic E-state index is -0.522. The van der Waals surface area contributed by atoms with Gasteiger partial charge in [0.05, 0.1) is 22.3 Å². The van der Waals surface area contributed by atoms with Crippen molar-refractivity contribution in [1.29, 1.82) is 0 Å². The molecule has 2 amide bonds.